The molecule has 0 unspecified atom stereocenters. The molecule has 0 bridgehead atoms. The molecule has 0 amide bonds. The Labute approximate surface area is 160 Å². The number of aryl methyl sites for hydroxylation is 1. The molecule has 0 aliphatic heterocycles. The van der Waals surface area contributed by atoms with E-state index in [4.69, 9.17) is 23.8 Å². The highest BCUT2D eigenvalue weighted by atomic mass is 35.5. The largest absolute Gasteiger partial charge is 0.493 e. The Morgan fingerprint density at radius 1 is 1.31 bits per heavy atom. The van der Waals surface area contributed by atoms with Crippen molar-refractivity contribution in [3.05, 3.63) is 53.3 Å². The van der Waals surface area contributed by atoms with Gasteiger partial charge in [-0.3, -0.25) is 0 Å². The first-order valence-corrected chi connectivity index (χ1v) is 8.78. The van der Waals surface area contributed by atoms with Gasteiger partial charge in [0, 0.05) is 17.6 Å². The summed E-state index contributed by atoms with van der Waals surface area (Å²) in [7, 11) is 0. The SMILES string of the molecule is CCCn1c(O)c(N=NC(=S)Nc2ccc(F)c(Cl)c2)c2ccccc21. The molecule has 2 N–H and O–H groups in total. The van der Waals surface area contributed by atoms with Crippen molar-refractivity contribution in [2.45, 2.75) is 19.9 Å². The number of anilines is 1. The summed E-state index contributed by atoms with van der Waals surface area (Å²) in [5, 5.41) is 22.2. The van der Waals surface area contributed by atoms with Crippen LogP contribution >= 0.6 is 23.8 Å². The van der Waals surface area contributed by atoms with Gasteiger partial charge < -0.3 is 15.0 Å². The number of nitrogens with one attached hydrogen (secondary N) is 1. The molecule has 3 rings (SSSR count). The summed E-state index contributed by atoms with van der Waals surface area (Å²) in [6.45, 7) is 2.70. The van der Waals surface area contributed by atoms with E-state index in [0.29, 0.717) is 17.9 Å². The fourth-order valence-electron chi connectivity index (χ4n) is 2.64. The van der Waals surface area contributed by atoms with Gasteiger partial charge in [0.15, 0.2) is 5.69 Å². The van der Waals surface area contributed by atoms with Gasteiger partial charge in [0.1, 0.15) is 5.82 Å². The number of azo groups is 1. The summed E-state index contributed by atoms with van der Waals surface area (Å²) >= 11 is 10.9. The van der Waals surface area contributed by atoms with Crippen molar-refractivity contribution in [1.29, 1.82) is 0 Å². The Bertz CT molecular complexity index is 1000. The Kier molecular flexibility index (Phi) is 5.49. The van der Waals surface area contributed by atoms with Crippen molar-refractivity contribution >= 4 is 51.2 Å². The number of para-hydroxylation sites is 1. The van der Waals surface area contributed by atoms with Crippen molar-refractivity contribution in [3.63, 3.8) is 0 Å². The third-order valence-corrected chi connectivity index (χ3v) is 4.25. The lowest BCUT2D eigenvalue weighted by Gasteiger charge is -2.04. The van der Waals surface area contributed by atoms with Gasteiger partial charge in [-0.2, -0.15) is 0 Å². The molecule has 134 valence electrons. The van der Waals surface area contributed by atoms with E-state index in [2.05, 4.69) is 15.5 Å². The smallest absolute Gasteiger partial charge is 0.220 e. The van der Waals surface area contributed by atoms with Crippen LogP contribution in [0.4, 0.5) is 15.8 Å². The van der Waals surface area contributed by atoms with Crippen molar-refractivity contribution < 1.29 is 9.50 Å². The lowest BCUT2D eigenvalue weighted by Crippen LogP contribution is -2.04. The molecule has 0 saturated heterocycles. The molecule has 5 nitrogen and oxygen atoms in total. The van der Waals surface area contributed by atoms with Crippen molar-refractivity contribution in [3.8, 4) is 5.88 Å². The summed E-state index contributed by atoms with van der Waals surface area (Å²) in [4.78, 5) is 0. The van der Waals surface area contributed by atoms with Crippen molar-refractivity contribution in [1.82, 2.24) is 4.57 Å². The van der Waals surface area contributed by atoms with E-state index in [1.807, 2.05) is 31.2 Å². The van der Waals surface area contributed by atoms with Gasteiger partial charge >= 0.3 is 0 Å². The van der Waals surface area contributed by atoms with Crippen molar-refractivity contribution in [2.75, 3.05) is 5.32 Å². The molecule has 2 aromatic carbocycles. The molecule has 8 heteroatoms. The van der Waals surface area contributed by atoms with Crippen LogP contribution in [-0.2, 0) is 6.54 Å². The average Bonchev–Trinajstić information content (AvgIpc) is 2.89. The number of hydrogen-bond donors (Lipinski definition) is 2. The van der Waals surface area contributed by atoms with Gasteiger partial charge in [0.05, 0.1) is 10.5 Å². The number of halogens is 2. The van der Waals surface area contributed by atoms with E-state index < -0.39 is 5.82 Å². The molecule has 0 saturated carbocycles. The third kappa shape index (κ3) is 3.68. The molecule has 1 heterocycles. The lowest BCUT2D eigenvalue weighted by molar-refractivity contribution is 0.421. The third-order valence-electron chi connectivity index (χ3n) is 3.78. The topological polar surface area (TPSA) is 61.9 Å². The standard InChI is InChI=1S/C18H16ClFN4OS/c1-2-9-24-15-6-4-3-5-12(15)16(17(24)25)22-23-18(26)21-11-7-8-14(20)13(19)10-11/h3-8,10,25H,2,9H2,1H3,(H,21,26). The van der Waals surface area contributed by atoms with Crippen LogP contribution in [-0.4, -0.2) is 14.8 Å². The van der Waals surface area contributed by atoms with Crippen LogP contribution in [0.15, 0.2) is 52.7 Å². The lowest BCUT2D eigenvalue weighted by atomic mass is 10.2. The van der Waals surface area contributed by atoms with Gasteiger partial charge in [0.2, 0.25) is 11.0 Å². The van der Waals surface area contributed by atoms with Crippen LogP contribution in [0.25, 0.3) is 10.9 Å². The molecule has 0 fully saturated rings. The highest BCUT2D eigenvalue weighted by Gasteiger charge is 2.15. The van der Waals surface area contributed by atoms with Gasteiger partial charge in [0.25, 0.3) is 0 Å². The normalized spacial score (nSPS) is 11.3. The van der Waals surface area contributed by atoms with Crippen LogP contribution in [0, 0.1) is 5.82 Å². The maximum Gasteiger partial charge on any atom is 0.220 e. The second kappa shape index (κ2) is 7.80. The minimum Gasteiger partial charge on any atom is -0.493 e. The molecular weight excluding hydrogens is 375 g/mol. The molecule has 1 aromatic heterocycles. The first-order valence-electron chi connectivity index (χ1n) is 7.99. The Morgan fingerprint density at radius 2 is 2.08 bits per heavy atom. The van der Waals surface area contributed by atoms with E-state index in [0.717, 1.165) is 17.3 Å². The van der Waals surface area contributed by atoms with Crippen LogP contribution in [0.3, 0.4) is 0 Å². The first kappa shape index (κ1) is 18.3. The summed E-state index contributed by atoms with van der Waals surface area (Å²) in [5.74, 6) is -0.470. The number of aromatic hydroxyl groups is 1. The molecule has 0 aliphatic rings. The number of aromatic nitrogens is 1. The molecule has 0 spiro atoms. The first-order chi connectivity index (χ1) is 12.5. The highest BCUT2D eigenvalue weighted by Crippen LogP contribution is 2.38. The van der Waals surface area contributed by atoms with Crippen LogP contribution in [0.5, 0.6) is 5.88 Å². The number of hydrogen-bond acceptors (Lipinski definition) is 3. The average molecular weight is 391 g/mol. The maximum atomic E-state index is 13.2. The van der Waals surface area contributed by atoms with Crippen molar-refractivity contribution in [2.24, 2.45) is 10.2 Å². The summed E-state index contributed by atoms with van der Waals surface area (Å²) in [6.07, 6.45) is 0.869. The Hall–Kier alpha value is -2.51. The maximum absolute atomic E-state index is 13.2. The van der Waals surface area contributed by atoms with E-state index in [1.54, 1.807) is 4.57 Å². The molecular formula is C18H16ClFN4OS. The molecule has 0 atom stereocenters. The predicted molar refractivity (Wildman–Crippen MR) is 106 cm³/mol. The number of rotatable bonds is 4. The number of fused-ring (bicyclic) bond motifs is 1. The zero-order valence-electron chi connectivity index (χ0n) is 13.9. The summed E-state index contributed by atoms with van der Waals surface area (Å²) in [5.41, 5.74) is 1.73. The molecule has 0 radical (unpaired) electrons. The minimum absolute atomic E-state index is 0.0185. The zero-order chi connectivity index (χ0) is 18.7. The zero-order valence-corrected chi connectivity index (χ0v) is 15.5. The van der Waals surface area contributed by atoms with E-state index in [1.165, 1.54) is 18.2 Å². The quantitative estimate of drug-likeness (QED) is 0.422. The summed E-state index contributed by atoms with van der Waals surface area (Å²) < 4.78 is 15.0. The van der Waals surface area contributed by atoms with Gasteiger partial charge in [-0.1, -0.05) is 36.7 Å². The number of benzene rings is 2. The minimum atomic E-state index is -0.515. The van der Waals surface area contributed by atoms with Gasteiger partial charge in [-0.05, 0) is 42.9 Å². The highest BCUT2D eigenvalue weighted by molar-refractivity contribution is 7.80. The molecule has 26 heavy (non-hydrogen) atoms. The Balaban J connectivity index is 1.87. The number of thiocarbonyl (C=S) groups is 1. The van der Waals surface area contributed by atoms with E-state index in [9.17, 15) is 9.50 Å². The predicted octanol–water partition coefficient (Wildman–Crippen LogP) is 6.03. The van der Waals surface area contributed by atoms with Gasteiger partial charge in [-0.15, -0.1) is 10.2 Å². The van der Waals surface area contributed by atoms with Gasteiger partial charge in [-0.25, -0.2) is 4.39 Å². The monoisotopic (exact) mass is 390 g/mol. The fraction of sp³-hybridized carbons (Fsp3) is 0.167. The second-order valence-corrected chi connectivity index (χ2v) is 6.39. The molecule has 0 aliphatic carbocycles. The van der Waals surface area contributed by atoms with Crippen LogP contribution in [0.2, 0.25) is 5.02 Å². The fourth-order valence-corrected chi connectivity index (χ4v) is 2.98. The van der Waals surface area contributed by atoms with E-state index >= 15 is 0 Å². The summed E-state index contributed by atoms with van der Waals surface area (Å²) in [6, 6.07) is 11.7. The molecule has 3 aromatic rings. The van der Waals surface area contributed by atoms with Crippen LogP contribution < -0.4 is 5.32 Å². The van der Waals surface area contributed by atoms with Crippen LogP contribution in [0.1, 0.15) is 13.3 Å². The number of nitrogens with zero attached hydrogens (tertiary/aromatic N) is 3. The van der Waals surface area contributed by atoms with E-state index in [-0.39, 0.29) is 16.0 Å². The Morgan fingerprint density at radius 3 is 2.81 bits per heavy atom. The second-order valence-electron chi connectivity index (χ2n) is 5.60.